The number of aromatic nitrogens is 4. The molecule has 2 aromatic heterocycles. The van der Waals surface area contributed by atoms with Gasteiger partial charge in [0.2, 0.25) is 0 Å². The minimum Gasteiger partial charge on any atom is -0.309 e. The Kier molecular flexibility index (Phi) is 8.12. The summed E-state index contributed by atoms with van der Waals surface area (Å²) in [5, 5.41) is 2.47. The fourth-order valence-electron chi connectivity index (χ4n) is 7.54. The molecule has 0 aliphatic carbocycles. The van der Waals surface area contributed by atoms with Gasteiger partial charge in [0.15, 0.2) is 17.5 Å². The van der Waals surface area contributed by atoms with Gasteiger partial charge in [-0.25, -0.2) is 15.0 Å². The van der Waals surface area contributed by atoms with Crippen LogP contribution in [-0.4, -0.2) is 19.5 Å². The first-order valence-electron chi connectivity index (χ1n) is 18.5. The van der Waals surface area contributed by atoms with Crippen molar-refractivity contribution in [1.29, 1.82) is 0 Å². The average Bonchev–Trinajstić information content (AvgIpc) is 3.61. The summed E-state index contributed by atoms with van der Waals surface area (Å²) in [6.45, 7) is 0. The minimum atomic E-state index is 0.628. The van der Waals surface area contributed by atoms with Gasteiger partial charge in [0, 0.05) is 33.2 Å². The highest BCUT2D eigenvalue weighted by atomic mass is 15.0. The fourth-order valence-corrected chi connectivity index (χ4v) is 7.54. The zero-order valence-corrected chi connectivity index (χ0v) is 29.9. The normalized spacial score (nSPS) is 11.3. The van der Waals surface area contributed by atoms with Crippen LogP contribution in [0.2, 0.25) is 0 Å². The highest BCUT2D eigenvalue weighted by molar-refractivity contribution is 6.10. The smallest absolute Gasteiger partial charge is 0.164 e. The van der Waals surface area contributed by atoms with Crippen molar-refractivity contribution in [3.63, 3.8) is 0 Å². The van der Waals surface area contributed by atoms with Crippen LogP contribution in [0.15, 0.2) is 206 Å². The van der Waals surface area contributed by atoms with Crippen LogP contribution in [0.25, 0.3) is 95.0 Å². The van der Waals surface area contributed by atoms with E-state index in [2.05, 4.69) is 174 Å². The predicted octanol–water partition coefficient (Wildman–Crippen LogP) is 13.0. The van der Waals surface area contributed by atoms with Crippen molar-refractivity contribution in [1.82, 2.24) is 19.5 Å². The van der Waals surface area contributed by atoms with Gasteiger partial charge in [-0.05, 0) is 69.8 Å². The third-order valence-electron chi connectivity index (χ3n) is 10.2. The first-order valence-corrected chi connectivity index (χ1v) is 18.5. The van der Waals surface area contributed by atoms with E-state index >= 15 is 0 Å². The molecule has 0 amide bonds. The molecule has 4 nitrogen and oxygen atoms in total. The lowest BCUT2D eigenvalue weighted by Crippen LogP contribution is -2.00. The second kappa shape index (κ2) is 13.8. The maximum Gasteiger partial charge on any atom is 0.164 e. The van der Waals surface area contributed by atoms with Crippen molar-refractivity contribution >= 4 is 21.8 Å². The van der Waals surface area contributed by atoms with Crippen molar-refractivity contribution in [3.8, 4) is 73.2 Å². The van der Waals surface area contributed by atoms with Crippen molar-refractivity contribution in [2.45, 2.75) is 0 Å². The Balaban J connectivity index is 1.08. The van der Waals surface area contributed by atoms with Crippen LogP contribution in [0.3, 0.4) is 0 Å². The Morgan fingerprint density at radius 3 is 1.29 bits per heavy atom. The molecular formula is C51H34N4. The highest BCUT2D eigenvalue weighted by Gasteiger charge is 2.16. The third kappa shape index (κ3) is 6.16. The number of para-hydroxylation sites is 1. The van der Waals surface area contributed by atoms with E-state index in [1.807, 2.05) is 36.4 Å². The number of hydrogen-bond donors (Lipinski definition) is 0. The van der Waals surface area contributed by atoms with Crippen LogP contribution in [0, 0.1) is 0 Å². The first-order chi connectivity index (χ1) is 27.2. The quantitative estimate of drug-likeness (QED) is 0.166. The van der Waals surface area contributed by atoms with E-state index in [1.54, 1.807) is 0 Å². The van der Waals surface area contributed by atoms with Gasteiger partial charge >= 0.3 is 0 Å². The average molecular weight is 703 g/mol. The zero-order chi connectivity index (χ0) is 36.6. The molecule has 0 atom stereocenters. The van der Waals surface area contributed by atoms with Crippen LogP contribution in [0.4, 0.5) is 0 Å². The number of benzene rings is 8. The molecule has 0 saturated carbocycles. The fraction of sp³-hybridized carbons (Fsp3) is 0. The molecule has 258 valence electrons. The topological polar surface area (TPSA) is 43.6 Å². The summed E-state index contributed by atoms with van der Waals surface area (Å²) in [6.07, 6.45) is 0. The summed E-state index contributed by atoms with van der Waals surface area (Å²) < 4.78 is 2.39. The molecule has 0 spiro atoms. The Bertz CT molecular complexity index is 2970. The molecule has 4 heteroatoms. The van der Waals surface area contributed by atoms with Crippen LogP contribution < -0.4 is 0 Å². The van der Waals surface area contributed by atoms with Gasteiger partial charge in [0.25, 0.3) is 0 Å². The summed E-state index contributed by atoms with van der Waals surface area (Å²) in [6, 6.07) is 72.3. The van der Waals surface area contributed by atoms with Crippen LogP contribution in [-0.2, 0) is 0 Å². The molecule has 10 rings (SSSR count). The molecule has 10 aromatic rings. The molecule has 0 aliphatic heterocycles. The van der Waals surface area contributed by atoms with Crippen LogP contribution in [0.1, 0.15) is 0 Å². The van der Waals surface area contributed by atoms with E-state index in [0.29, 0.717) is 17.5 Å². The molecule has 55 heavy (non-hydrogen) atoms. The van der Waals surface area contributed by atoms with Gasteiger partial charge in [-0.2, -0.15) is 0 Å². The lowest BCUT2D eigenvalue weighted by atomic mass is 10.0. The SMILES string of the molecule is c1ccc(-c2cccc(-c3nc(-c4ccccc4)nc(-c4cccc(-c5cccc(-n6c7ccccc7c7ccc(-c8ccccc8)cc76)c5)c4)n3)c2)cc1. The molecule has 0 unspecified atom stereocenters. The monoisotopic (exact) mass is 702 g/mol. The lowest BCUT2D eigenvalue weighted by Gasteiger charge is -2.12. The van der Waals surface area contributed by atoms with Gasteiger partial charge in [0.05, 0.1) is 11.0 Å². The third-order valence-corrected chi connectivity index (χ3v) is 10.2. The largest absolute Gasteiger partial charge is 0.309 e. The van der Waals surface area contributed by atoms with E-state index < -0.39 is 0 Å². The summed E-state index contributed by atoms with van der Waals surface area (Å²) in [5.41, 5.74) is 13.1. The van der Waals surface area contributed by atoms with Gasteiger partial charge in [-0.3, -0.25) is 0 Å². The maximum absolute atomic E-state index is 5.10. The Morgan fingerprint density at radius 2 is 0.673 bits per heavy atom. The number of nitrogens with zero attached hydrogens (tertiary/aromatic N) is 4. The maximum atomic E-state index is 5.10. The summed E-state index contributed by atoms with van der Waals surface area (Å²) in [4.78, 5) is 15.2. The predicted molar refractivity (Wildman–Crippen MR) is 227 cm³/mol. The standard InChI is InChI=1S/C51H34N4/c1-4-15-35(16-5-1)38-21-12-24-42(31-38)50-52-49(37-19-8-3-9-20-37)53-51(54-50)43-25-13-22-39(32-43)40-23-14-26-44(33-40)55-47-28-11-10-27-45(47)46-30-29-41(34-48(46)55)36-17-6-2-7-18-36/h1-34H. The lowest BCUT2D eigenvalue weighted by molar-refractivity contribution is 1.07. The molecule has 0 N–H and O–H groups in total. The molecule has 0 saturated heterocycles. The Hall–Kier alpha value is -7.43. The number of fused-ring (bicyclic) bond motifs is 3. The number of rotatable bonds is 7. The summed E-state index contributed by atoms with van der Waals surface area (Å²) in [7, 11) is 0. The summed E-state index contributed by atoms with van der Waals surface area (Å²) >= 11 is 0. The first kappa shape index (κ1) is 32.2. The molecular weight excluding hydrogens is 669 g/mol. The molecule has 0 radical (unpaired) electrons. The van der Waals surface area contributed by atoms with Gasteiger partial charge in [0.1, 0.15) is 0 Å². The Labute approximate surface area is 319 Å². The van der Waals surface area contributed by atoms with Gasteiger partial charge in [-0.1, -0.05) is 170 Å². The van der Waals surface area contributed by atoms with Crippen molar-refractivity contribution in [2.24, 2.45) is 0 Å². The van der Waals surface area contributed by atoms with E-state index in [1.165, 1.54) is 32.9 Å². The van der Waals surface area contributed by atoms with E-state index in [4.69, 9.17) is 15.0 Å². The number of hydrogen-bond acceptors (Lipinski definition) is 3. The second-order valence-corrected chi connectivity index (χ2v) is 13.7. The van der Waals surface area contributed by atoms with Gasteiger partial charge < -0.3 is 4.57 Å². The molecule has 0 bridgehead atoms. The van der Waals surface area contributed by atoms with E-state index in [-0.39, 0.29) is 0 Å². The van der Waals surface area contributed by atoms with Crippen molar-refractivity contribution in [3.05, 3.63) is 206 Å². The highest BCUT2D eigenvalue weighted by Crippen LogP contribution is 2.36. The summed E-state index contributed by atoms with van der Waals surface area (Å²) in [5.74, 6) is 1.90. The Morgan fingerprint density at radius 1 is 0.255 bits per heavy atom. The van der Waals surface area contributed by atoms with Crippen molar-refractivity contribution in [2.75, 3.05) is 0 Å². The molecule has 0 aliphatic rings. The zero-order valence-electron chi connectivity index (χ0n) is 29.9. The van der Waals surface area contributed by atoms with Gasteiger partial charge in [-0.15, -0.1) is 0 Å². The van der Waals surface area contributed by atoms with Crippen LogP contribution in [0.5, 0.6) is 0 Å². The second-order valence-electron chi connectivity index (χ2n) is 13.7. The van der Waals surface area contributed by atoms with E-state index in [9.17, 15) is 0 Å². The minimum absolute atomic E-state index is 0.628. The van der Waals surface area contributed by atoms with Crippen LogP contribution >= 0.6 is 0 Å². The molecule has 8 aromatic carbocycles. The van der Waals surface area contributed by atoms with Crippen molar-refractivity contribution < 1.29 is 0 Å². The molecule has 0 fully saturated rings. The van der Waals surface area contributed by atoms with E-state index in [0.717, 1.165) is 44.6 Å². The molecule has 2 heterocycles.